The summed E-state index contributed by atoms with van der Waals surface area (Å²) >= 11 is 18.0. The first-order valence-electron chi connectivity index (χ1n) is 7.49. The van der Waals surface area contributed by atoms with E-state index >= 15 is 0 Å². The second kappa shape index (κ2) is 8.56. The number of carbonyl (C=O) groups is 1. The molecule has 0 spiro atoms. The fourth-order valence-corrected chi connectivity index (χ4v) is 2.66. The molecule has 25 heavy (non-hydrogen) atoms. The molecule has 1 atom stereocenters. The molecule has 0 bridgehead atoms. The van der Waals surface area contributed by atoms with Gasteiger partial charge in [-0.25, -0.2) is 5.43 Å². The fourth-order valence-electron chi connectivity index (χ4n) is 2.09. The number of nitrogens with one attached hydrogen (secondary N) is 1. The molecule has 0 saturated heterocycles. The summed E-state index contributed by atoms with van der Waals surface area (Å²) in [4.78, 5) is 12.1. The van der Waals surface area contributed by atoms with Gasteiger partial charge in [0.2, 0.25) is 0 Å². The highest BCUT2D eigenvalue weighted by Gasteiger charge is 2.15. The SMILES string of the molecule is Cc1cc(OC(C)C(=O)NN=Cc2ccc(Cl)cc2Cl)cc(C)c1Cl. The normalized spacial score (nSPS) is 12.2. The van der Waals surface area contributed by atoms with Gasteiger partial charge in [-0.05, 0) is 56.2 Å². The molecule has 0 aliphatic heterocycles. The standard InChI is InChI=1S/C18H17Cl3N2O2/c1-10-6-15(7-11(2)17(10)21)25-12(3)18(24)23-22-9-13-4-5-14(19)8-16(13)20/h4-9,12H,1-3H3,(H,23,24). The number of ether oxygens (including phenoxy) is 1. The lowest BCUT2D eigenvalue weighted by Gasteiger charge is -2.15. The zero-order valence-electron chi connectivity index (χ0n) is 13.9. The average Bonchev–Trinajstić information content (AvgIpc) is 2.54. The van der Waals surface area contributed by atoms with Crippen molar-refractivity contribution in [3.63, 3.8) is 0 Å². The van der Waals surface area contributed by atoms with Crippen LogP contribution in [0.4, 0.5) is 0 Å². The molecule has 0 heterocycles. The number of amides is 1. The highest BCUT2D eigenvalue weighted by molar-refractivity contribution is 6.36. The second-order valence-corrected chi connectivity index (χ2v) is 6.75. The van der Waals surface area contributed by atoms with E-state index in [0.29, 0.717) is 26.4 Å². The Labute approximate surface area is 161 Å². The van der Waals surface area contributed by atoms with Gasteiger partial charge in [-0.2, -0.15) is 5.10 Å². The molecule has 2 aromatic carbocycles. The topological polar surface area (TPSA) is 50.7 Å². The van der Waals surface area contributed by atoms with E-state index in [1.807, 2.05) is 13.8 Å². The van der Waals surface area contributed by atoms with Gasteiger partial charge in [0.25, 0.3) is 5.91 Å². The van der Waals surface area contributed by atoms with Crippen LogP contribution in [-0.4, -0.2) is 18.2 Å². The highest BCUT2D eigenvalue weighted by atomic mass is 35.5. The maximum Gasteiger partial charge on any atom is 0.280 e. The van der Waals surface area contributed by atoms with Gasteiger partial charge in [-0.3, -0.25) is 4.79 Å². The third kappa shape index (κ3) is 5.36. The van der Waals surface area contributed by atoms with Crippen LogP contribution in [0.3, 0.4) is 0 Å². The van der Waals surface area contributed by atoms with Gasteiger partial charge in [0.1, 0.15) is 5.75 Å². The van der Waals surface area contributed by atoms with Crippen LogP contribution in [0, 0.1) is 13.8 Å². The van der Waals surface area contributed by atoms with Gasteiger partial charge in [-0.15, -0.1) is 0 Å². The third-order valence-corrected chi connectivity index (χ3v) is 4.59. The summed E-state index contributed by atoms with van der Waals surface area (Å²) < 4.78 is 5.65. The lowest BCUT2D eigenvalue weighted by molar-refractivity contribution is -0.127. The molecule has 132 valence electrons. The molecule has 0 saturated carbocycles. The van der Waals surface area contributed by atoms with Gasteiger partial charge >= 0.3 is 0 Å². The van der Waals surface area contributed by atoms with Crippen LogP contribution in [0.15, 0.2) is 35.4 Å². The lowest BCUT2D eigenvalue weighted by atomic mass is 10.1. The Morgan fingerprint density at radius 3 is 2.40 bits per heavy atom. The van der Waals surface area contributed by atoms with Crippen molar-refractivity contribution in [2.75, 3.05) is 0 Å². The minimum Gasteiger partial charge on any atom is -0.481 e. The van der Waals surface area contributed by atoms with Crippen molar-refractivity contribution in [1.82, 2.24) is 5.43 Å². The Morgan fingerprint density at radius 1 is 1.16 bits per heavy atom. The van der Waals surface area contributed by atoms with E-state index in [-0.39, 0.29) is 5.91 Å². The summed E-state index contributed by atoms with van der Waals surface area (Å²) in [5, 5.41) is 5.56. The molecule has 0 aromatic heterocycles. The zero-order chi connectivity index (χ0) is 18.6. The highest BCUT2D eigenvalue weighted by Crippen LogP contribution is 2.26. The van der Waals surface area contributed by atoms with Gasteiger partial charge < -0.3 is 4.74 Å². The van der Waals surface area contributed by atoms with Crippen molar-refractivity contribution in [3.8, 4) is 5.75 Å². The average molecular weight is 400 g/mol. The van der Waals surface area contributed by atoms with Crippen LogP contribution < -0.4 is 10.2 Å². The van der Waals surface area contributed by atoms with Crippen LogP contribution in [-0.2, 0) is 4.79 Å². The monoisotopic (exact) mass is 398 g/mol. The van der Waals surface area contributed by atoms with Crippen LogP contribution >= 0.6 is 34.8 Å². The molecule has 2 aromatic rings. The maximum atomic E-state index is 12.1. The van der Waals surface area contributed by atoms with Crippen LogP contribution in [0.25, 0.3) is 0 Å². The number of halogens is 3. The molecule has 0 aliphatic rings. The fraction of sp³-hybridized carbons (Fsp3) is 0.222. The van der Waals surface area contributed by atoms with Crippen molar-refractivity contribution >= 4 is 46.9 Å². The number of hydrazone groups is 1. The van der Waals surface area contributed by atoms with E-state index < -0.39 is 6.10 Å². The molecule has 2 rings (SSSR count). The Bertz CT molecular complexity index is 799. The molecular formula is C18H17Cl3N2O2. The van der Waals surface area contributed by atoms with Crippen molar-refractivity contribution in [2.45, 2.75) is 26.9 Å². The number of benzene rings is 2. The number of hydrogen-bond acceptors (Lipinski definition) is 3. The molecule has 1 amide bonds. The van der Waals surface area contributed by atoms with Crippen molar-refractivity contribution in [3.05, 3.63) is 62.1 Å². The minimum atomic E-state index is -0.724. The summed E-state index contributed by atoms with van der Waals surface area (Å²) in [5.41, 5.74) is 4.84. The molecule has 7 heteroatoms. The number of rotatable bonds is 5. The summed E-state index contributed by atoms with van der Waals surface area (Å²) in [6, 6.07) is 8.57. The van der Waals surface area contributed by atoms with E-state index in [4.69, 9.17) is 39.5 Å². The van der Waals surface area contributed by atoms with E-state index in [0.717, 1.165) is 11.1 Å². The summed E-state index contributed by atoms with van der Waals surface area (Å²) in [5.74, 6) is 0.193. The minimum absolute atomic E-state index is 0.383. The zero-order valence-corrected chi connectivity index (χ0v) is 16.2. The van der Waals surface area contributed by atoms with Crippen LogP contribution in [0.5, 0.6) is 5.75 Å². The van der Waals surface area contributed by atoms with Gasteiger partial charge in [0.15, 0.2) is 6.10 Å². The molecule has 1 N–H and O–H groups in total. The third-order valence-electron chi connectivity index (χ3n) is 3.43. The van der Waals surface area contributed by atoms with Gasteiger partial charge in [-0.1, -0.05) is 40.9 Å². The van der Waals surface area contributed by atoms with E-state index in [1.165, 1.54) is 6.21 Å². The van der Waals surface area contributed by atoms with Gasteiger partial charge in [0.05, 0.1) is 11.2 Å². The Kier molecular flexibility index (Phi) is 6.71. The van der Waals surface area contributed by atoms with E-state index in [2.05, 4.69) is 10.5 Å². The molecular weight excluding hydrogens is 383 g/mol. The molecule has 0 radical (unpaired) electrons. The first-order chi connectivity index (χ1) is 11.8. The second-order valence-electron chi connectivity index (χ2n) is 5.53. The van der Waals surface area contributed by atoms with Gasteiger partial charge in [0, 0.05) is 15.6 Å². The predicted molar refractivity (Wildman–Crippen MR) is 103 cm³/mol. The van der Waals surface area contributed by atoms with Crippen molar-refractivity contribution < 1.29 is 9.53 Å². The Hall–Kier alpha value is -1.75. The number of carbonyl (C=O) groups excluding carboxylic acids is 1. The summed E-state index contributed by atoms with van der Waals surface area (Å²) in [7, 11) is 0. The molecule has 0 aliphatic carbocycles. The van der Waals surface area contributed by atoms with Crippen LogP contribution in [0.1, 0.15) is 23.6 Å². The summed E-state index contributed by atoms with van der Waals surface area (Å²) in [6.07, 6.45) is 0.720. The quantitative estimate of drug-likeness (QED) is 0.556. The van der Waals surface area contributed by atoms with E-state index in [1.54, 1.807) is 37.3 Å². The first kappa shape index (κ1) is 19.6. The number of nitrogens with zero attached hydrogens (tertiary/aromatic N) is 1. The molecule has 1 unspecified atom stereocenters. The largest absolute Gasteiger partial charge is 0.481 e. The lowest BCUT2D eigenvalue weighted by Crippen LogP contribution is -2.33. The number of aryl methyl sites for hydroxylation is 2. The first-order valence-corrected chi connectivity index (χ1v) is 8.62. The molecule has 0 fully saturated rings. The van der Waals surface area contributed by atoms with Crippen LogP contribution in [0.2, 0.25) is 15.1 Å². The molecule has 4 nitrogen and oxygen atoms in total. The summed E-state index contributed by atoms with van der Waals surface area (Å²) in [6.45, 7) is 5.40. The smallest absolute Gasteiger partial charge is 0.280 e. The maximum absolute atomic E-state index is 12.1. The van der Waals surface area contributed by atoms with Crippen molar-refractivity contribution in [2.24, 2.45) is 5.10 Å². The van der Waals surface area contributed by atoms with Crippen molar-refractivity contribution in [1.29, 1.82) is 0 Å². The predicted octanol–water partition coefficient (Wildman–Crippen LogP) is 5.18. The Morgan fingerprint density at radius 2 is 1.80 bits per heavy atom. The van der Waals surface area contributed by atoms with E-state index in [9.17, 15) is 4.79 Å². The Balaban J connectivity index is 1.97. The number of hydrogen-bond donors (Lipinski definition) is 1.